The van der Waals surface area contributed by atoms with Crippen LogP contribution in [-0.2, 0) is 19.3 Å². The second-order valence-electron chi connectivity index (χ2n) is 7.00. The van der Waals surface area contributed by atoms with Gasteiger partial charge in [0.15, 0.2) is 0 Å². The number of aryl methyl sites for hydroxylation is 4. The van der Waals surface area contributed by atoms with Crippen LogP contribution in [0.3, 0.4) is 0 Å². The summed E-state index contributed by atoms with van der Waals surface area (Å²) in [5, 5.41) is 3.13. The van der Waals surface area contributed by atoms with Gasteiger partial charge in [-0.3, -0.25) is 4.79 Å². The molecule has 1 amide bonds. The van der Waals surface area contributed by atoms with Crippen molar-refractivity contribution in [3.8, 4) is 5.75 Å². The van der Waals surface area contributed by atoms with Crippen LogP contribution in [0.25, 0.3) is 0 Å². The molecule has 1 aromatic heterocycles. The zero-order valence-corrected chi connectivity index (χ0v) is 18.6. The number of ether oxygens (including phenoxy) is 1. The molecule has 152 valence electrons. The van der Waals surface area contributed by atoms with Gasteiger partial charge in [-0.05, 0) is 56.4 Å². The number of carbonyl (C=O) groups excluding carboxylic acids is 1. The number of amides is 1. The number of anilines is 1. The van der Waals surface area contributed by atoms with Crippen LogP contribution in [0.15, 0.2) is 16.5 Å². The minimum absolute atomic E-state index is 0.197. The second-order valence-corrected chi connectivity index (χ2v) is 7.40. The lowest BCUT2D eigenvalue weighted by Crippen LogP contribution is -2.18. The number of carbonyl (C=O) groups is 1. The second kappa shape index (κ2) is 9.87. The molecule has 4 nitrogen and oxygen atoms in total. The third-order valence-electron chi connectivity index (χ3n) is 5.15. The van der Waals surface area contributed by atoms with Crippen LogP contribution in [0.2, 0.25) is 0 Å². The minimum Gasteiger partial charge on any atom is -0.497 e. The summed E-state index contributed by atoms with van der Waals surface area (Å²) in [6, 6.07) is 3.96. The summed E-state index contributed by atoms with van der Waals surface area (Å²) < 4.78 is 12.0. The zero-order chi connectivity index (χ0) is 20.8. The van der Waals surface area contributed by atoms with Gasteiger partial charge >= 0.3 is 0 Å². The van der Waals surface area contributed by atoms with Gasteiger partial charge in [0.25, 0.3) is 5.91 Å². The van der Waals surface area contributed by atoms with E-state index in [1.807, 2.05) is 26.0 Å². The maximum Gasteiger partial charge on any atom is 0.260 e. The molecule has 0 spiro atoms. The number of nitrogens with one attached hydrogen (secondary N) is 1. The molecular weight excluding hydrogens is 370 g/mol. The molecular formula is C23H31NO3S. The van der Waals surface area contributed by atoms with E-state index in [0.717, 1.165) is 59.6 Å². The van der Waals surface area contributed by atoms with Gasteiger partial charge in [0, 0.05) is 17.7 Å². The van der Waals surface area contributed by atoms with Crippen molar-refractivity contribution in [2.75, 3.05) is 12.4 Å². The number of hydrogen-bond donors (Lipinski definition) is 1. The summed E-state index contributed by atoms with van der Waals surface area (Å²) >= 11 is 5.63. The zero-order valence-electron chi connectivity index (χ0n) is 17.8. The molecule has 0 unspecified atom stereocenters. The number of rotatable bonds is 8. The Balaban J connectivity index is 2.54. The SMILES string of the molecule is CCCCc1oc(C)c(C)c(=S)c1C(=O)Nc1c(CC)cc(OC)cc1CC. The number of methoxy groups -OCH3 is 1. The lowest BCUT2D eigenvalue weighted by molar-refractivity contribution is 0.102. The average molecular weight is 402 g/mol. The summed E-state index contributed by atoms with van der Waals surface area (Å²) in [6.45, 7) is 10.1. The number of unbranched alkanes of at least 4 members (excludes halogenated alkanes) is 1. The van der Waals surface area contributed by atoms with E-state index in [0.29, 0.717) is 22.3 Å². The molecule has 28 heavy (non-hydrogen) atoms. The highest BCUT2D eigenvalue weighted by atomic mass is 32.1. The maximum absolute atomic E-state index is 13.3. The fraction of sp³-hybridized carbons (Fsp3) is 0.478. The molecule has 0 aliphatic carbocycles. The first-order valence-corrected chi connectivity index (χ1v) is 10.4. The fourth-order valence-corrected chi connectivity index (χ4v) is 3.63. The lowest BCUT2D eigenvalue weighted by Gasteiger charge is -2.18. The molecule has 0 aliphatic heterocycles. The van der Waals surface area contributed by atoms with Gasteiger partial charge in [-0.2, -0.15) is 0 Å². The van der Waals surface area contributed by atoms with Gasteiger partial charge < -0.3 is 14.5 Å². The van der Waals surface area contributed by atoms with Crippen molar-refractivity contribution in [1.29, 1.82) is 0 Å². The van der Waals surface area contributed by atoms with Crippen molar-refractivity contribution >= 4 is 23.8 Å². The van der Waals surface area contributed by atoms with Crippen LogP contribution in [-0.4, -0.2) is 13.0 Å². The quantitative estimate of drug-likeness (QED) is 0.523. The van der Waals surface area contributed by atoms with Gasteiger partial charge in [0.1, 0.15) is 17.3 Å². The third kappa shape index (κ3) is 4.64. The largest absolute Gasteiger partial charge is 0.497 e. The molecule has 2 rings (SSSR count). The van der Waals surface area contributed by atoms with Crippen molar-refractivity contribution in [3.05, 3.63) is 50.4 Å². The molecule has 5 heteroatoms. The van der Waals surface area contributed by atoms with E-state index in [-0.39, 0.29) is 5.91 Å². The highest BCUT2D eigenvalue weighted by molar-refractivity contribution is 7.71. The Morgan fingerprint density at radius 3 is 2.25 bits per heavy atom. The summed E-state index contributed by atoms with van der Waals surface area (Å²) in [7, 11) is 1.66. The van der Waals surface area contributed by atoms with Gasteiger partial charge in [0.05, 0.1) is 17.2 Å². The predicted octanol–water partition coefficient (Wildman–Crippen LogP) is 6.35. The van der Waals surface area contributed by atoms with Crippen molar-refractivity contribution in [3.63, 3.8) is 0 Å². The van der Waals surface area contributed by atoms with Crippen LogP contribution in [0.4, 0.5) is 5.69 Å². The summed E-state index contributed by atoms with van der Waals surface area (Å²) in [5.74, 6) is 2.07. The molecule has 0 saturated carbocycles. The van der Waals surface area contributed by atoms with Crippen LogP contribution in [0.5, 0.6) is 5.75 Å². The minimum atomic E-state index is -0.197. The standard InChI is InChI=1S/C23H31NO3S/c1-7-10-11-19-20(22(28)14(4)15(5)27-19)23(25)24-21-16(8-2)12-18(26-6)13-17(21)9-3/h12-13H,7-11H2,1-6H3,(H,24,25). The van der Waals surface area contributed by atoms with E-state index < -0.39 is 0 Å². The maximum atomic E-state index is 13.3. The van der Waals surface area contributed by atoms with Crippen molar-refractivity contribution in [2.24, 2.45) is 0 Å². The number of hydrogen-bond acceptors (Lipinski definition) is 4. The molecule has 0 aliphatic rings. The predicted molar refractivity (Wildman–Crippen MR) is 117 cm³/mol. The molecule has 0 saturated heterocycles. The molecule has 0 bridgehead atoms. The highest BCUT2D eigenvalue weighted by Crippen LogP contribution is 2.30. The molecule has 1 N–H and O–H groups in total. The average Bonchev–Trinajstić information content (AvgIpc) is 2.70. The Kier molecular flexibility index (Phi) is 7.81. The van der Waals surface area contributed by atoms with Crippen molar-refractivity contribution in [1.82, 2.24) is 0 Å². The number of benzene rings is 1. The first-order chi connectivity index (χ1) is 13.4. The first kappa shape index (κ1) is 22.2. The van der Waals surface area contributed by atoms with Crippen molar-refractivity contribution < 1.29 is 13.9 Å². The summed E-state index contributed by atoms with van der Waals surface area (Å²) in [4.78, 5) is 13.3. The third-order valence-corrected chi connectivity index (χ3v) is 5.66. The Morgan fingerprint density at radius 2 is 1.75 bits per heavy atom. The molecule has 0 fully saturated rings. The van der Waals surface area contributed by atoms with E-state index in [1.165, 1.54) is 0 Å². The normalized spacial score (nSPS) is 10.8. The fourth-order valence-electron chi connectivity index (χ4n) is 3.28. The van der Waals surface area contributed by atoms with Crippen molar-refractivity contribution in [2.45, 2.75) is 66.7 Å². The van der Waals surface area contributed by atoms with E-state index in [1.54, 1.807) is 7.11 Å². The molecule has 0 radical (unpaired) electrons. The summed E-state index contributed by atoms with van der Waals surface area (Å²) in [5.41, 5.74) is 4.29. The van der Waals surface area contributed by atoms with Gasteiger partial charge in [-0.1, -0.05) is 39.4 Å². The van der Waals surface area contributed by atoms with Gasteiger partial charge in [-0.15, -0.1) is 0 Å². The van der Waals surface area contributed by atoms with E-state index >= 15 is 0 Å². The first-order valence-electron chi connectivity index (χ1n) is 10.0. The Hall–Kier alpha value is -2.14. The molecule has 1 aromatic carbocycles. The lowest BCUT2D eigenvalue weighted by atomic mass is 10.0. The van der Waals surface area contributed by atoms with Crippen LogP contribution < -0.4 is 10.1 Å². The van der Waals surface area contributed by atoms with Crippen LogP contribution in [0, 0.1) is 18.4 Å². The van der Waals surface area contributed by atoms with Gasteiger partial charge in [0.2, 0.25) is 0 Å². The summed E-state index contributed by atoms with van der Waals surface area (Å²) in [6.07, 6.45) is 4.26. The van der Waals surface area contributed by atoms with Crippen LogP contribution in [0.1, 0.15) is 72.2 Å². The Bertz CT molecular complexity index is 890. The molecule has 1 heterocycles. The van der Waals surface area contributed by atoms with Crippen LogP contribution >= 0.6 is 12.2 Å². The van der Waals surface area contributed by atoms with E-state index in [4.69, 9.17) is 21.4 Å². The van der Waals surface area contributed by atoms with Gasteiger partial charge in [-0.25, -0.2) is 0 Å². The Morgan fingerprint density at radius 1 is 1.14 bits per heavy atom. The molecule has 0 atom stereocenters. The molecule has 2 aromatic rings. The topological polar surface area (TPSA) is 51.5 Å². The van der Waals surface area contributed by atoms with E-state index in [9.17, 15) is 4.79 Å². The van der Waals surface area contributed by atoms with E-state index in [2.05, 4.69) is 26.1 Å². The monoisotopic (exact) mass is 401 g/mol. The Labute approximate surface area is 173 Å². The highest BCUT2D eigenvalue weighted by Gasteiger charge is 2.21. The smallest absolute Gasteiger partial charge is 0.260 e.